The molecule has 0 aliphatic carbocycles. The van der Waals surface area contributed by atoms with E-state index in [1.54, 1.807) is 39.1 Å². The number of carbonyl (C=O) groups excluding carboxylic acids is 2. The maximum atomic E-state index is 13.2. The fraction of sp³-hybridized carbons (Fsp3) is 0.208. The van der Waals surface area contributed by atoms with Gasteiger partial charge in [0.15, 0.2) is 0 Å². The summed E-state index contributed by atoms with van der Waals surface area (Å²) in [6, 6.07) is 17.0. The van der Waals surface area contributed by atoms with E-state index in [4.69, 9.17) is 0 Å². The second kappa shape index (κ2) is 7.76. The summed E-state index contributed by atoms with van der Waals surface area (Å²) >= 11 is 0. The Balaban J connectivity index is 2.06. The maximum absolute atomic E-state index is 13.2. The summed E-state index contributed by atoms with van der Waals surface area (Å²) in [6.07, 6.45) is 2.04. The molecule has 0 radical (unpaired) electrons. The molecular formula is C24H23N3O2. The quantitative estimate of drug-likeness (QED) is 0.819. The van der Waals surface area contributed by atoms with Gasteiger partial charge in [-0.15, -0.1) is 0 Å². The Morgan fingerprint density at radius 1 is 1.21 bits per heavy atom. The first kappa shape index (κ1) is 20.1. The Hall–Kier alpha value is -3.65. The van der Waals surface area contributed by atoms with Gasteiger partial charge in [0.2, 0.25) is 0 Å². The van der Waals surface area contributed by atoms with Crippen LogP contribution in [0.15, 0.2) is 60.8 Å². The molecular weight excluding hydrogens is 362 g/mol. The van der Waals surface area contributed by atoms with E-state index < -0.39 is 5.54 Å². The lowest BCUT2D eigenvalue weighted by molar-refractivity contribution is -0.147. The first-order valence-corrected chi connectivity index (χ1v) is 9.34. The highest BCUT2D eigenvalue weighted by Crippen LogP contribution is 2.31. The van der Waals surface area contributed by atoms with Gasteiger partial charge in [-0.05, 0) is 36.6 Å². The minimum absolute atomic E-state index is 0.189. The van der Waals surface area contributed by atoms with Gasteiger partial charge in [0.1, 0.15) is 11.2 Å². The van der Waals surface area contributed by atoms with E-state index in [1.807, 2.05) is 36.4 Å². The molecule has 2 aromatic carbocycles. The van der Waals surface area contributed by atoms with Crippen molar-refractivity contribution in [3.63, 3.8) is 0 Å². The lowest BCUT2D eigenvalue weighted by Gasteiger charge is -2.42. The van der Waals surface area contributed by atoms with Crippen molar-refractivity contribution in [1.82, 2.24) is 10.2 Å². The fourth-order valence-corrected chi connectivity index (χ4v) is 3.67. The molecule has 1 aliphatic rings. The van der Waals surface area contributed by atoms with E-state index >= 15 is 0 Å². The van der Waals surface area contributed by atoms with Crippen LogP contribution in [0.3, 0.4) is 0 Å². The highest BCUT2D eigenvalue weighted by atomic mass is 16.2. The van der Waals surface area contributed by atoms with Crippen LogP contribution in [-0.4, -0.2) is 29.3 Å². The standard InChI is InChI=1S/C24H23N3O2/c1-5-18-12-9-13-19(15-25)20(18)16(2)21-22(28)27(4)24(3,23(29)26-21)14-17-10-7-6-8-11-17/h5-13H,1,14H2,2-4H3,(H,26,29). The average Bonchev–Trinajstić information content (AvgIpc) is 2.74. The SMILES string of the molecule is C=Cc1cccc(C#N)c1C(C)=C1NC(=O)C(C)(Cc2ccccc2)N(C)C1=O. The number of amides is 2. The molecule has 146 valence electrons. The van der Waals surface area contributed by atoms with Crippen molar-refractivity contribution in [2.45, 2.75) is 25.8 Å². The number of hydrogen-bond acceptors (Lipinski definition) is 3. The van der Waals surface area contributed by atoms with Gasteiger partial charge < -0.3 is 10.2 Å². The van der Waals surface area contributed by atoms with Crippen LogP contribution in [0.4, 0.5) is 0 Å². The molecule has 1 unspecified atom stereocenters. The lowest BCUT2D eigenvalue weighted by atomic mass is 9.86. The highest BCUT2D eigenvalue weighted by molar-refractivity contribution is 6.11. The van der Waals surface area contributed by atoms with Crippen molar-refractivity contribution < 1.29 is 9.59 Å². The van der Waals surface area contributed by atoms with Crippen LogP contribution in [0.2, 0.25) is 0 Å². The van der Waals surface area contributed by atoms with E-state index in [1.165, 1.54) is 4.90 Å². The second-order valence-electron chi connectivity index (χ2n) is 7.34. The van der Waals surface area contributed by atoms with Crippen LogP contribution in [0.5, 0.6) is 0 Å². The minimum atomic E-state index is -1.02. The van der Waals surface area contributed by atoms with Crippen LogP contribution >= 0.6 is 0 Å². The number of rotatable bonds is 4. The Morgan fingerprint density at radius 2 is 1.90 bits per heavy atom. The molecule has 29 heavy (non-hydrogen) atoms. The Labute approximate surface area is 171 Å². The predicted molar refractivity (Wildman–Crippen MR) is 113 cm³/mol. The third kappa shape index (κ3) is 3.45. The molecule has 0 bridgehead atoms. The maximum Gasteiger partial charge on any atom is 0.271 e. The molecule has 1 saturated heterocycles. The molecule has 2 aromatic rings. The zero-order valence-electron chi connectivity index (χ0n) is 16.8. The zero-order chi connectivity index (χ0) is 21.2. The van der Waals surface area contributed by atoms with Crippen LogP contribution in [0.1, 0.15) is 36.1 Å². The number of nitrogens with one attached hydrogen (secondary N) is 1. The smallest absolute Gasteiger partial charge is 0.271 e. The fourth-order valence-electron chi connectivity index (χ4n) is 3.67. The molecule has 1 heterocycles. The summed E-state index contributed by atoms with van der Waals surface area (Å²) in [7, 11) is 1.64. The Bertz CT molecular complexity index is 1060. The van der Waals surface area contributed by atoms with Gasteiger partial charge in [-0.3, -0.25) is 9.59 Å². The highest BCUT2D eigenvalue weighted by Gasteiger charge is 2.46. The summed E-state index contributed by atoms with van der Waals surface area (Å²) in [6.45, 7) is 7.30. The summed E-state index contributed by atoms with van der Waals surface area (Å²) < 4.78 is 0. The van der Waals surface area contributed by atoms with Gasteiger partial charge in [-0.1, -0.05) is 55.1 Å². The van der Waals surface area contributed by atoms with Gasteiger partial charge in [0, 0.05) is 19.0 Å². The molecule has 1 aliphatic heterocycles. The van der Waals surface area contributed by atoms with Crippen molar-refractivity contribution in [1.29, 1.82) is 5.26 Å². The van der Waals surface area contributed by atoms with Crippen molar-refractivity contribution in [2.24, 2.45) is 0 Å². The van der Waals surface area contributed by atoms with E-state index in [0.717, 1.165) is 11.1 Å². The third-order valence-electron chi connectivity index (χ3n) is 5.56. The van der Waals surface area contributed by atoms with Crippen LogP contribution in [0, 0.1) is 11.3 Å². The minimum Gasteiger partial charge on any atom is -0.326 e. The Morgan fingerprint density at radius 3 is 2.52 bits per heavy atom. The van der Waals surface area contributed by atoms with Gasteiger partial charge >= 0.3 is 0 Å². The number of nitrogens with zero attached hydrogens (tertiary/aromatic N) is 2. The Kier molecular flexibility index (Phi) is 5.38. The van der Waals surface area contributed by atoms with Gasteiger partial charge in [-0.2, -0.15) is 5.26 Å². The first-order chi connectivity index (χ1) is 13.8. The van der Waals surface area contributed by atoms with E-state index in [2.05, 4.69) is 18.0 Å². The predicted octanol–water partition coefficient (Wildman–Crippen LogP) is 3.52. The summed E-state index contributed by atoms with van der Waals surface area (Å²) in [4.78, 5) is 27.8. The molecule has 1 fully saturated rings. The van der Waals surface area contributed by atoms with E-state index in [0.29, 0.717) is 23.1 Å². The molecule has 0 saturated carbocycles. The number of likely N-dealkylation sites (N-methyl/N-ethyl adjacent to an activating group) is 1. The van der Waals surface area contributed by atoms with Crippen molar-refractivity contribution in [2.75, 3.05) is 7.05 Å². The summed E-state index contributed by atoms with van der Waals surface area (Å²) in [5.41, 5.74) is 2.45. The van der Waals surface area contributed by atoms with Gasteiger partial charge in [0.05, 0.1) is 11.6 Å². The van der Waals surface area contributed by atoms with E-state index in [-0.39, 0.29) is 17.5 Å². The summed E-state index contributed by atoms with van der Waals surface area (Å²) in [5.74, 6) is -0.546. The number of piperazine rings is 1. The number of hydrogen-bond donors (Lipinski definition) is 1. The lowest BCUT2D eigenvalue weighted by Crippen LogP contribution is -2.64. The molecule has 3 rings (SSSR count). The monoisotopic (exact) mass is 385 g/mol. The number of allylic oxidation sites excluding steroid dienone is 1. The molecule has 2 amide bonds. The van der Waals surface area contributed by atoms with Gasteiger partial charge in [0.25, 0.3) is 11.8 Å². The average molecular weight is 385 g/mol. The molecule has 1 N–H and O–H groups in total. The first-order valence-electron chi connectivity index (χ1n) is 9.34. The van der Waals surface area contributed by atoms with Crippen molar-refractivity contribution in [3.8, 4) is 6.07 Å². The normalized spacial score (nSPS) is 20.7. The van der Waals surface area contributed by atoms with E-state index in [9.17, 15) is 14.9 Å². The largest absolute Gasteiger partial charge is 0.326 e. The number of carbonyl (C=O) groups is 2. The number of nitriles is 1. The van der Waals surface area contributed by atoms with Crippen LogP contribution in [-0.2, 0) is 16.0 Å². The molecule has 5 heteroatoms. The second-order valence-corrected chi connectivity index (χ2v) is 7.34. The number of benzene rings is 2. The molecule has 5 nitrogen and oxygen atoms in total. The molecule has 0 spiro atoms. The molecule has 1 atom stereocenters. The van der Waals surface area contributed by atoms with Crippen molar-refractivity contribution >= 4 is 23.5 Å². The van der Waals surface area contributed by atoms with Crippen LogP contribution in [0.25, 0.3) is 11.6 Å². The zero-order valence-corrected chi connectivity index (χ0v) is 16.8. The van der Waals surface area contributed by atoms with Crippen molar-refractivity contribution in [3.05, 3.63) is 83.1 Å². The van der Waals surface area contributed by atoms with Crippen LogP contribution < -0.4 is 5.32 Å². The molecule has 0 aromatic heterocycles. The topological polar surface area (TPSA) is 73.2 Å². The van der Waals surface area contributed by atoms with Gasteiger partial charge in [-0.25, -0.2) is 0 Å². The third-order valence-corrected chi connectivity index (χ3v) is 5.56. The summed E-state index contributed by atoms with van der Waals surface area (Å²) in [5, 5.41) is 12.3.